The molecule has 13 heavy (non-hydrogen) atoms. The van der Waals surface area contributed by atoms with Crippen molar-refractivity contribution in [3.05, 3.63) is 0 Å². The van der Waals surface area contributed by atoms with Crippen LogP contribution in [-0.2, 0) is 0 Å². The van der Waals surface area contributed by atoms with Crippen molar-refractivity contribution in [3.63, 3.8) is 0 Å². The van der Waals surface area contributed by atoms with E-state index in [-0.39, 0.29) is 5.41 Å². The fourth-order valence-corrected chi connectivity index (χ4v) is 4.01. The summed E-state index contributed by atoms with van der Waals surface area (Å²) in [5.41, 5.74) is 0.0785. The summed E-state index contributed by atoms with van der Waals surface area (Å²) >= 11 is 2.13. The van der Waals surface area contributed by atoms with Crippen LogP contribution in [0.15, 0.2) is 0 Å². The second-order valence-corrected chi connectivity index (χ2v) is 6.00. The van der Waals surface area contributed by atoms with Crippen LogP contribution in [0.3, 0.4) is 0 Å². The van der Waals surface area contributed by atoms with Gasteiger partial charge in [-0.15, -0.1) is 0 Å². The van der Waals surface area contributed by atoms with Crippen LogP contribution < -0.4 is 0 Å². The van der Waals surface area contributed by atoms with Gasteiger partial charge in [-0.1, -0.05) is 0 Å². The van der Waals surface area contributed by atoms with Gasteiger partial charge in [-0.05, 0) is 19.3 Å². The molecule has 2 saturated heterocycles. The predicted molar refractivity (Wildman–Crippen MR) is 53.5 cm³/mol. The minimum atomic E-state index is 0.0785. The van der Waals surface area contributed by atoms with Crippen LogP contribution in [0, 0.1) is 16.7 Å². The Labute approximate surface area is 83.3 Å². The molecule has 3 heteroatoms. The number of nitriles is 1. The molecule has 3 aliphatic rings. The van der Waals surface area contributed by atoms with E-state index >= 15 is 0 Å². The third-order valence-electron chi connectivity index (χ3n) is 3.61. The Bertz CT molecular complexity index is 267. The molecule has 0 amide bonds. The summed E-state index contributed by atoms with van der Waals surface area (Å²) < 4.78 is 0. The van der Waals surface area contributed by atoms with E-state index in [0.717, 1.165) is 30.7 Å². The van der Waals surface area contributed by atoms with Gasteiger partial charge in [0.05, 0.1) is 11.5 Å². The Morgan fingerprint density at radius 1 is 1.54 bits per heavy atom. The smallest absolute Gasteiger partial charge is 0.0703 e. The van der Waals surface area contributed by atoms with Gasteiger partial charge in [0.2, 0.25) is 0 Å². The third kappa shape index (κ3) is 1.28. The molecule has 2 atom stereocenters. The maximum Gasteiger partial charge on any atom is 0.0703 e. The third-order valence-corrected chi connectivity index (χ3v) is 5.00. The second kappa shape index (κ2) is 2.65. The van der Waals surface area contributed by atoms with Crippen molar-refractivity contribution < 1.29 is 0 Å². The summed E-state index contributed by atoms with van der Waals surface area (Å²) in [4.78, 5) is 2.57. The molecule has 3 rings (SSSR count). The highest BCUT2D eigenvalue weighted by atomic mass is 32.2. The Morgan fingerprint density at radius 2 is 2.38 bits per heavy atom. The maximum atomic E-state index is 9.01. The molecule has 0 N–H and O–H groups in total. The Kier molecular flexibility index (Phi) is 1.66. The number of rotatable bonds is 2. The summed E-state index contributed by atoms with van der Waals surface area (Å²) in [6.07, 6.45) is 3.67. The molecule has 2 nitrogen and oxygen atoms in total. The van der Waals surface area contributed by atoms with Crippen LogP contribution in [0.25, 0.3) is 0 Å². The van der Waals surface area contributed by atoms with Gasteiger partial charge in [0.15, 0.2) is 0 Å². The largest absolute Gasteiger partial charge is 0.297 e. The number of hydrogen-bond donors (Lipinski definition) is 0. The molecule has 0 aromatic carbocycles. The standard InChI is InChI=1S/C10H14N2S/c11-6-10(1-2-10)7-12-4-9-3-8(12)5-13-9/h8-9H,1-5,7H2. The molecule has 2 heterocycles. The Balaban J connectivity index is 1.66. The first-order chi connectivity index (χ1) is 6.31. The lowest BCUT2D eigenvalue weighted by molar-refractivity contribution is 0.238. The lowest BCUT2D eigenvalue weighted by Gasteiger charge is -2.28. The zero-order valence-corrected chi connectivity index (χ0v) is 8.52. The van der Waals surface area contributed by atoms with Crippen LogP contribution in [0.1, 0.15) is 19.3 Å². The molecular formula is C10H14N2S. The number of thioether (sulfide) groups is 1. The van der Waals surface area contributed by atoms with Crippen LogP contribution in [0.5, 0.6) is 0 Å². The van der Waals surface area contributed by atoms with Crippen LogP contribution in [0.4, 0.5) is 0 Å². The van der Waals surface area contributed by atoms with Crippen LogP contribution >= 0.6 is 11.8 Å². The minimum Gasteiger partial charge on any atom is -0.297 e. The lowest BCUT2D eigenvalue weighted by Crippen LogP contribution is -2.38. The molecule has 0 aromatic rings. The fourth-order valence-electron chi connectivity index (χ4n) is 2.52. The van der Waals surface area contributed by atoms with Crippen molar-refractivity contribution in [3.8, 4) is 6.07 Å². The van der Waals surface area contributed by atoms with Gasteiger partial charge in [-0.25, -0.2) is 0 Å². The van der Waals surface area contributed by atoms with E-state index in [0.29, 0.717) is 0 Å². The number of nitrogens with zero attached hydrogens (tertiary/aromatic N) is 2. The predicted octanol–water partition coefficient (Wildman–Crippen LogP) is 1.48. The van der Waals surface area contributed by atoms with Gasteiger partial charge in [0.25, 0.3) is 0 Å². The van der Waals surface area contributed by atoms with Crippen molar-refractivity contribution in [2.24, 2.45) is 5.41 Å². The average Bonchev–Trinajstić information content (AvgIpc) is 2.62. The summed E-state index contributed by atoms with van der Waals surface area (Å²) in [7, 11) is 0. The van der Waals surface area contributed by atoms with Gasteiger partial charge in [-0.3, -0.25) is 4.90 Å². The van der Waals surface area contributed by atoms with Gasteiger partial charge >= 0.3 is 0 Å². The van der Waals surface area contributed by atoms with E-state index in [1.54, 1.807) is 0 Å². The van der Waals surface area contributed by atoms with E-state index in [2.05, 4.69) is 22.7 Å². The van der Waals surface area contributed by atoms with Crippen molar-refractivity contribution in [1.82, 2.24) is 4.90 Å². The summed E-state index contributed by atoms with van der Waals surface area (Å²) in [6, 6.07) is 3.30. The second-order valence-electron chi connectivity index (χ2n) is 4.67. The highest BCUT2D eigenvalue weighted by Gasteiger charge is 2.48. The molecule has 2 aliphatic heterocycles. The average molecular weight is 194 g/mol. The first kappa shape index (κ1) is 8.14. The monoisotopic (exact) mass is 194 g/mol. The van der Waals surface area contributed by atoms with Crippen LogP contribution in [-0.4, -0.2) is 35.0 Å². The minimum absolute atomic E-state index is 0.0785. The van der Waals surface area contributed by atoms with Gasteiger partial charge in [-0.2, -0.15) is 17.0 Å². The van der Waals surface area contributed by atoms with Gasteiger partial charge in [0.1, 0.15) is 0 Å². The van der Waals surface area contributed by atoms with E-state index in [1.165, 1.54) is 18.7 Å². The first-order valence-corrected chi connectivity index (χ1v) is 6.13. The zero-order chi connectivity index (χ0) is 8.89. The van der Waals surface area contributed by atoms with E-state index in [1.807, 2.05) is 0 Å². The molecule has 2 unspecified atom stereocenters. The lowest BCUT2D eigenvalue weighted by atomic mass is 10.1. The van der Waals surface area contributed by atoms with Crippen molar-refractivity contribution in [1.29, 1.82) is 5.26 Å². The van der Waals surface area contributed by atoms with Crippen molar-refractivity contribution in [2.75, 3.05) is 18.8 Å². The van der Waals surface area contributed by atoms with Gasteiger partial charge < -0.3 is 0 Å². The molecule has 0 aromatic heterocycles. The molecule has 0 radical (unpaired) electrons. The van der Waals surface area contributed by atoms with E-state index < -0.39 is 0 Å². The maximum absolute atomic E-state index is 9.01. The molecule has 2 bridgehead atoms. The SMILES string of the molecule is N#CC1(CN2CC3CC2CS3)CC1. The normalized spacial score (nSPS) is 40.5. The summed E-state index contributed by atoms with van der Waals surface area (Å²) in [5.74, 6) is 1.31. The summed E-state index contributed by atoms with van der Waals surface area (Å²) in [5, 5.41) is 9.89. The quantitative estimate of drug-likeness (QED) is 0.666. The van der Waals surface area contributed by atoms with Crippen LogP contribution in [0.2, 0.25) is 0 Å². The molecule has 0 spiro atoms. The number of likely N-dealkylation sites (tertiary alicyclic amines) is 1. The number of hydrogen-bond acceptors (Lipinski definition) is 3. The van der Waals surface area contributed by atoms with Crippen molar-refractivity contribution in [2.45, 2.75) is 30.6 Å². The highest BCUT2D eigenvalue weighted by molar-refractivity contribution is 8.00. The van der Waals surface area contributed by atoms with E-state index in [4.69, 9.17) is 5.26 Å². The number of fused-ring (bicyclic) bond motifs is 2. The molecular weight excluding hydrogens is 180 g/mol. The Hall–Kier alpha value is -0.200. The Morgan fingerprint density at radius 3 is 2.85 bits per heavy atom. The fraction of sp³-hybridized carbons (Fsp3) is 0.900. The molecule has 70 valence electrons. The zero-order valence-electron chi connectivity index (χ0n) is 7.70. The van der Waals surface area contributed by atoms with Gasteiger partial charge in [0, 0.05) is 30.1 Å². The molecule has 3 fully saturated rings. The first-order valence-electron chi connectivity index (χ1n) is 5.08. The van der Waals surface area contributed by atoms with Crippen molar-refractivity contribution >= 4 is 11.8 Å². The summed E-state index contributed by atoms with van der Waals surface area (Å²) in [6.45, 7) is 2.31. The molecule has 1 aliphatic carbocycles. The van der Waals surface area contributed by atoms with E-state index in [9.17, 15) is 0 Å². The topological polar surface area (TPSA) is 27.0 Å². The molecule has 1 saturated carbocycles. The highest BCUT2D eigenvalue weighted by Crippen LogP contribution is 2.48.